The molecule has 5 nitrogen and oxygen atoms in total. The van der Waals surface area contributed by atoms with E-state index in [1.807, 2.05) is 18.5 Å². The second-order valence-electron chi connectivity index (χ2n) is 5.84. The molecule has 0 radical (unpaired) electrons. The van der Waals surface area contributed by atoms with Gasteiger partial charge in [-0.05, 0) is 49.7 Å². The molecule has 1 aromatic carbocycles. The summed E-state index contributed by atoms with van der Waals surface area (Å²) < 4.78 is 1.79. The van der Waals surface area contributed by atoms with Crippen molar-refractivity contribution >= 4 is 0 Å². The van der Waals surface area contributed by atoms with E-state index in [0.717, 1.165) is 12.2 Å². The van der Waals surface area contributed by atoms with Gasteiger partial charge in [0, 0.05) is 25.0 Å². The van der Waals surface area contributed by atoms with Gasteiger partial charge in [-0.15, -0.1) is 0 Å². The Morgan fingerprint density at radius 3 is 2.74 bits per heavy atom. The van der Waals surface area contributed by atoms with E-state index in [0.29, 0.717) is 6.04 Å². The van der Waals surface area contributed by atoms with Crippen LogP contribution in [-0.2, 0) is 6.54 Å². The third kappa shape index (κ3) is 3.46. The highest BCUT2D eigenvalue weighted by atomic mass is 15.3. The number of aryl methyl sites for hydroxylation is 1. The van der Waals surface area contributed by atoms with Gasteiger partial charge in [-0.25, -0.2) is 9.67 Å². The van der Waals surface area contributed by atoms with E-state index in [1.54, 1.807) is 17.3 Å². The molecule has 2 aromatic heterocycles. The molecule has 0 aliphatic heterocycles. The molecule has 0 bridgehead atoms. The largest absolute Gasteiger partial charge is 0.295 e. The zero-order valence-corrected chi connectivity index (χ0v) is 13.7. The Kier molecular flexibility index (Phi) is 4.48. The van der Waals surface area contributed by atoms with Gasteiger partial charge in [0.05, 0.1) is 5.69 Å². The first-order valence-corrected chi connectivity index (χ1v) is 7.70. The summed E-state index contributed by atoms with van der Waals surface area (Å²) in [6.45, 7) is 5.19. The summed E-state index contributed by atoms with van der Waals surface area (Å²) in [6, 6.07) is 10.9. The van der Waals surface area contributed by atoms with E-state index in [1.165, 1.54) is 16.7 Å². The van der Waals surface area contributed by atoms with Crippen LogP contribution in [0.3, 0.4) is 0 Å². The van der Waals surface area contributed by atoms with Crippen LogP contribution >= 0.6 is 0 Å². The van der Waals surface area contributed by atoms with Crippen LogP contribution in [0.25, 0.3) is 5.69 Å². The first kappa shape index (κ1) is 15.4. The molecule has 0 fully saturated rings. The van der Waals surface area contributed by atoms with Crippen molar-refractivity contribution in [1.82, 2.24) is 24.6 Å². The summed E-state index contributed by atoms with van der Waals surface area (Å²) in [4.78, 5) is 10.5. The molecule has 0 unspecified atom stereocenters. The summed E-state index contributed by atoms with van der Waals surface area (Å²) in [5.74, 6) is 0. The lowest BCUT2D eigenvalue weighted by Crippen LogP contribution is -2.22. The van der Waals surface area contributed by atoms with Gasteiger partial charge in [-0.2, -0.15) is 5.10 Å². The van der Waals surface area contributed by atoms with Crippen LogP contribution in [0.4, 0.5) is 0 Å². The Labute approximate surface area is 136 Å². The van der Waals surface area contributed by atoms with Crippen LogP contribution in [-0.4, -0.2) is 31.7 Å². The van der Waals surface area contributed by atoms with Gasteiger partial charge in [-0.1, -0.05) is 18.2 Å². The molecule has 3 aromatic rings. The number of pyridine rings is 1. The molecule has 0 N–H and O–H groups in total. The highest BCUT2D eigenvalue weighted by Crippen LogP contribution is 2.21. The molecule has 0 saturated heterocycles. The number of hydrogen-bond acceptors (Lipinski definition) is 4. The molecule has 0 spiro atoms. The molecule has 0 aliphatic carbocycles. The number of nitrogens with zero attached hydrogens (tertiary/aromatic N) is 5. The Bertz CT molecular complexity index is 752. The van der Waals surface area contributed by atoms with Crippen molar-refractivity contribution in [2.75, 3.05) is 7.05 Å². The van der Waals surface area contributed by atoms with Crippen molar-refractivity contribution in [1.29, 1.82) is 0 Å². The molecule has 1 atom stereocenters. The lowest BCUT2D eigenvalue weighted by molar-refractivity contribution is 0.252. The second-order valence-corrected chi connectivity index (χ2v) is 5.84. The Hall–Kier alpha value is -2.53. The summed E-state index contributed by atoms with van der Waals surface area (Å²) >= 11 is 0. The molecule has 0 aliphatic rings. The zero-order valence-electron chi connectivity index (χ0n) is 13.7. The van der Waals surface area contributed by atoms with E-state index < -0.39 is 0 Å². The second kappa shape index (κ2) is 6.71. The lowest BCUT2D eigenvalue weighted by atomic mass is 10.1. The predicted octanol–water partition coefficient (Wildman–Crippen LogP) is 3.16. The van der Waals surface area contributed by atoms with Gasteiger partial charge in [0.1, 0.15) is 12.7 Å². The Balaban J connectivity index is 1.74. The van der Waals surface area contributed by atoms with Gasteiger partial charge in [0.2, 0.25) is 0 Å². The molecular weight excluding hydrogens is 286 g/mol. The van der Waals surface area contributed by atoms with E-state index in [4.69, 9.17) is 0 Å². The monoisotopic (exact) mass is 307 g/mol. The lowest BCUT2D eigenvalue weighted by Gasteiger charge is -2.25. The minimum Gasteiger partial charge on any atom is -0.295 e. The van der Waals surface area contributed by atoms with E-state index >= 15 is 0 Å². The quantitative estimate of drug-likeness (QED) is 0.726. The summed E-state index contributed by atoms with van der Waals surface area (Å²) in [6.07, 6.45) is 7.01. The van der Waals surface area contributed by atoms with Gasteiger partial charge < -0.3 is 0 Å². The highest BCUT2D eigenvalue weighted by molar-refractivity contribution is 5.41. The van der Waals surface area contributed by atoms with Gasteiger partial charge in [-0.3, -0.25) is 9.88 Å². The molecule has 23 heavy (non-hydrogen) atoms. The minimum atomic E-state index is 0.319. The molecule has 0 amide bonds. The number of benzene rings is 1. The average Bonchev–Trinajstić information content (AvgIpc) is 3.09. The maximum absolute atomic E-state index is 4.21. The van der Waals surface area contributed by atoms with Crippen LogP contribution in [0.2, 0.25) is 0 Å². The highest BCUT2D eigenvalue weighted by Gasteiger charge is 2.12. The molecule has 0 saturated carbocycles. The van der Waals surface area contributed by atoms with Crippen molar-refractivity contribution in [2.24, 2.45) is 0 Å². The predicted molar refractivity (Wildman–Crippen MR) is 90.2 cm³/mol. The number of aromatic nitrogens is 4. The number of hydrogen-bond donors (Lipinski definition) is 0. The smallest absolute Gasteiger partial charge is 0.138 e. The molecular formula is C18H21N5. The SMILES string of the molecule is Cc1cc(CN(C)[C@H](C)c2cccnc2)ccc1-n1cncn1. The standard InChI is InChI=1S/C18H21N5/c1-14-9-16(6-7-18(14)23-13-20-12-21-23)11-22(3)15(2)17-5-4-8-19-10-17/h4-10,12-13,15H,11H2,1-3H3/t15-/m1/s1. The maximum Gasteiger partial charge on any atom is 0.138 e. The maximum atomic E-state index is 4.21. The van der Waals surface area contributed by atoms with Crippen molar-refractivity contribution in [3.05, 3.63) is 72.1 Å². The minimum absolute atomic E-state index is 0.319. The Morgan fingerprint density at radius 1 is 1.22 bits per heavy atom. The fraction of sp³-hybridized carbons (Fsp3) is 0.278. The average molecular weight is 307 g/mol. The third-order valence-electron chi connectivity index (χ3n) is 4.19. The van der Waals surface area contributed by atoms with Crippen molar-refractivity contribution in [3.8, 4) is 5.69 Å². The molecule has 5 heteroatoms. The molecule has 118 valence electrons. The molecule has 3 rings (SSSR count). The summed E-state index contributed by atoms with van der Waals surface area (Å²) in [5, 5.41) is 4.19. The topological polar surface area (TPSA) is 46.8 Å². The van der Waals surface area contributed by atoms with Crippen molar-refractivity contribution in [3.63, 3.8) is 0 Å². The fourth-order valence-corrected chi connectivity index (χ4v) is 2.71. The van der Waals surface area contributed by atoms with Crippen LogP contribution < -0.4 is 0 Å². The fourth-order valence-electron chi connectivity index (χ4n) is 2.71. The first-order valence-electron chi connectivity index (χ1n) is 7.70. The van der Waals surface area contributed by atoms with Crippen molar-refractivity contribution < 1.29 is 0 Å². The van der Waals surface area contributed by atoms with Gasteiger partial charge in [0.25, 0.3) is 0 Å². The van der Waals surface area contributed by atoms with Crippen LogP contribution in [0, 0.1) is 6.92 Å². The Morgan fingerprint density at radius 2 is 2.09 bits per heavy atom. The van der Waals surface area contributed by atoms with Crippen LogP contribution in [0.1, 0.15) is 29.7 Å². The van der Waals surface area contributed by atoms with Crippen LogP contribution in [0.15, 0.2) is 55.4 Å². The van der Waals surface area contributed by atoms with Gasteiger partial charge >= 0.3 is 0 Å². The van der Waals surface area contributed by atoms with Crippen LogP contribution in [0.5, 0.6) is 0 Å². The first-order chi connectivity index (χ1) is 11.1. The van der Waals surface area contributed by atoms with Gasteiger partial charge in [0.15, 0.2) is 0 Å². The molecule has 2 heterocycles. The number of rotatable bonds is 5. The normalized spacial score (nSPS) is 12.5. The van der Waals surface area contributed by atoms with Crippen molar-refractivity contribution in [2.45, 2.75) is 26.4 Å². The van der Waals surface area contributed by atoms with E-state index in [9.17, 15) is 0 Å². The van der Waals surface area contributed by atoms with E-state index in [-0.39, 0.29) is 0 Å². The summed E-state index contributed by atoms with van der Waals surface area (Å²) in [5.41, 5.74) is 4.76. The third-order valence-corrected chi connectivity index (χ3v) is 4.19. The summed E-state index contributed by atoms with van der Waals surface area (Å²) in [7, 11) is 2.14. The van der Waals surface area contributed by atoms with E-state index in [2.05, 4.69) is 65.1 Å². The zero-order chi connectivity index (χ0) is 16.2.